The largest absolute Gasteiger partial charge is 0.501 e. The van der Waals surface area contributed by atoms with E-state index in [2.05, 4.69) is 109 Å². The van der Waals surface area contributed by atoms with Crippen LogP contribution in [0.2, 0.25) is 0 Å². The van der Waals surface area contributed by atoms with Gasteiger partial charge >= 0.3 is 0 Å². The Morgan fingerprint density at radius 1 is 0.620 bits per heavy atom. The van der Waals surface area contributed by atoms with Gasteiger partial charge in [-0.3, -0.25) is 9.97 Å². The molecule has 0 fully saturated rings. The van der Waals surface area contributed by atoms with Crippen LogP contribution in [0.25, 0.3) is 100 Å². The Morgan fingerprint density at radius 3 is 1.99 bits per heavy atom. The molecule has 3 heterocycles. The van der Waals surface area contributed by atoms with E-state index in [0.717, 1.165) is 83.5 Å². The second kappa shape index (κ2) is 20.0. The minimum atomic E-state index is -2.31. The van der Waals surface area contributed by atoms with Crippen LogP contribution in [0.15, 0.2) is 199 Å². The number of imidazole rings is 2. The molecule has 1 atom stereocenters. The first kappa shape index (κ1) is 41.2. The molecule has 12 aromatic rings. The molecule has 3 aromatic heterocycles. The maximum Gasteiger partial charge on any atom is 0.120 e. The molecule has 9 aromatic carbocycles. The quantitative estimate of drug-likeness (QED) is 0.135. The van der Waals surface area contributed by atoms with Gasteiger partial charge < -0.3 is 13.6 Å². The standard InChI is InChI=1S/C34H25N2O.C31H29N2.Ir/c1-22(2)25-20-19-24(23-11-4-3-5-12-23)21-31(25)36-30-17-8-7-16-29(30)35-34(36)28-15-10-14-27-26-13-6-9-18-32(26)37-33(27)28;1-5-23-14-11-15-26(21(2)3)30(23)33-29-17-10-9-16-28(29)32-31(33)25-19-18-22(4)27(20-25)24-12-7-6-8-13-24;/h3-14,16-22H,1-2H3;6-18,20-21H,5H2,1-4H3;/q2*-1;/i;4D3,5D,21D;. The van der Waals surface area contributed by atoms with Crippen LogP contribution in [-0.4, -0.2) is 19.1 Å². The predicted molar refractivity (Wildman–Crippen MR) is 291 cm³/mol. The van der Waals surface area contributed by atoms with E-state index in [1.165, 1.54) is 16.7 Å². The summed E-state index contributed by atoms with van der Waals surface area (Å²) in [4.78, 5) is 10.1. The van der Waals surface area contributed by atoms with Crippen LogP contribution in [0.3, 0.4) is 0 Å². The summed E-state index contributed by atoms with van der Waals surface area (Å²) in [5, 5.41) is 2.18. The van der Waals surface area contributed by atoms with E-state index in [9.17, 15) is 0 Å². The van der Waals surface area contributed by atoms with Crippen molar-refractivity contribution in [2.75, 3.05) is 0 Å². The number of aryl methyl sites for hydroxylation is 2. The Morgan fingerprint density at radius 2 is 1.28 bits per heavy atom. The second-order valence-electron chi connectivity index (χ2n) is 18.1. The molecule has 351 valence electrons. The van der Waals surface area contributed by atoms with E-state index in [1.54, 1.807) is 6.07 Å². The SMILES string of the molecule is CC(C)c1ccc(-c2ccccc2)cc1-n1c(-c2[c-]ccc3c2oc2ccccc23)nc2ccccc21.[2H]C(C)c1cccc(C([2H])(C)C)c1-n1c(-c2[c-]cc(C([2H])([2H])[2H])c(-c3ccccc3)c2)nc2ccccc21.[Ir]. The van der Waals surface area contributed by atoms with E-state index < -0.39 is 19.1 Å². The van der Waals surface area contributed by atoms with Crippen molar-refractivity contribution in [3.63, 3.8) is 0 Å². The fourth-order valence-corrected chi connectivity index (χ4v) is 9.69. The van der Waals surface area contributed by atoms with Crippen LogP contribution >= 0.6 is 0 Å². The summed E-state index contributed by atoms with van der Waals surface area (Å²) in [6, 6.07) is 71.0. The van der Waals surface area contributed by atoms with Crippen LogP contribution < -0.4 is 0 Å². The van der Waals surface area contributed by atoms with Crippen molar-refractivity contribution in [2.45, 2.75) is 59.7 Å². The molecule has 0 bridgehead atoms. The molecular weight excluding hydrogens is 1040 g/mol. The minimum absolute atomic E-state index is 0. The molecule has 0 saturated heterocycles. The molecule has 5 nitrogen and oxygen atoms in total. The molecule has 0 N–H and O–H groups in total. The van der Waals surface area contributed by atoms with Crippen LogP contribution in [0.1, 0.15) is 75.5 Å². The van der Waals surface area contributed by atoms with Gasteiger partial charge in [-0.2, -0.15) is 0 Å². The zero-order valence-electron chi connectivity index (χ0n) is 45.2. The zero-order chi connectivity index (χ0) is 52.2. The fraction of sp³-hybridized carbons (Fsp3) is 0.138. The zero-order valence-corrected chi connectivity index (χ0v) is 42.6. The van der Waals surface area contributed by atoms with Crippen molar-refractivity contribution < 1.29 is 31.4 Å². The first-order valence-electron chi connectivity index (χ1n) is 26.4. The molecule has 0 amide bonds. The molecule has 0 saturated carbocycles. The second-order valence-corrected chi connectivity index (χ2v) is 18.1. The summed E-state index contributed by atoms with van der Waals surface area (Å²) in [5.41, 5.74) is 15.5. The number of nitrogens with zero attached hydrogens (tertiary/aromatic N) is 4. The number of para-hydroxylation sites is 6. The Balaban J connectivity index is 0.000000171. The fourth-order valence-electron chi connectivity index (χ4n) is 9.69. The first-order valence-corrected chi connectivity index (χ1v) is 23.8. The topological polar surface area (TPSA) is 48.8 Å². The summed E-state index contributed by atoms with van der Waals surface area (Å²) in [6.45, 7) is 7.68. The summed E-state index contributed by atoms with van der Waals surface area (Å²) in [6.07, 6.45) is -0.539. The third-order valence-electron chi connectivity index (χ3n) is 13.1. The van der Waals surface area contributed by atoms with Crippen LogP contribution in [0, 0.1) is 19.0 Å². The molecule has 71 heavy (non-hydrogen) atoms. The molecule has 0 aliphatic carbocycles. The van der Waals surface area contributed by atoms with Gasteiger partial charge in [0.15, 0.2) is 0 Å². The van der Waals surface area contributed by atoms with Gasteiger partial charge in [-0.15, -0.1) is 47.5 Å². The van der Waals surface area contributed by atoms with Crippen LogP contribution in [0.5, 0.6) is 0 Å². The third-order valence-corrected chi connectivity index (χ3v) is 13.1. The average molecular weight is 1100 g/mol. The van der Waals surface area contributed by atoms with E-state index >= 15 is 0 Å². The third kappa shape index (κ3) is 8.73. The van der Waals surface area contributed by atoms with Crippen molar-refractivity contribution in [3.8, 4) is 56.4 Å². The number of benzene rings is 9. The Hall–Kier alpha value is -7.63. The summed E-state index contributed by atoms with van der Waals surface area (Å²) in [7, 11) is 0. The van der Waals surface area contributed by atoms with Crippen molar-refractivity contribution >= 4 is 44.0 Å². The predicted octanol–water partition coefficient (Wildman–Crippen LogP) is 17.3. The van der Waals surface area contributed by atoms with Crippen molar-refractivity contribution in [1.82, 2.24) is 19.1 Å². The number of furan rings is 1. The van der Waals surface area contributed by atoms with Crippen LogP contribution in [-0.2, 0) is 26.5 Å². The molecule has 1 radical (unpaired) electrons. The summed E-state index contributed by atoms with van der Waals surface area (Å²) in [5.74, 6) is 0.809. The minimum Gasteiger partial charge on any atom is -0.501 e. The summed E-state index contributed by atoms with van der Waals surface area (Å²) >= 11 is 0. The van der Waals surface area contributed by atoms with Gasteiger partial charge in [-0.25, -0.2) is 0 Å². The summed E-state index contributed by atoms with van der Waals surface area (Å²) < 4.78 is 52.6. The van der Waals surface area contributed by atoms with Gasteiger partial charge in [0.25, 0.3) is 0 Å². The van der Waals surface area contributed by atoms with Crippen LogP contribution in [0.4, 0.5) is 0 Å². The smallest absolute Gasteiger partial charge is 0.120 e. The van der Waals surface area contributed by atoms with Crippen molar-refractivity contribution in [2.24, 2.45) is 0 Å². The molecule has 6 heteroatoms. The molecule has 0 spiro atoms. The van der Waals surface area contributed by atoms with E-state index in [0.29, 0.717) is 22.9 Å². The molecule has 1 unspecified atom stereocenters. The normalized spacial score (nSPS) is 13.2. The Labute approximate surface area is 436 Å². The Kier molecular flexibility index (Phi) is 11.6. The molecule has 0 aliphatic rings. The van der Waals surface area contributed by atoms with Crippen molar-refractivity contribution in [3.05, 3.63) is 229 Å². The maximum absolute atomic E-state index is 8.91. The van der Waals surface area contributed by atoms with E-state index in [-0.39, 0.29) is 25.7 Å². The number of hydrogen-bond acceptors (Lipinski definition) is 3. The van der Waals surface area contributed by atoms with Gasteiger partial charge in [-0.05, 0) is 88.0 Å². The van der Waals surface area contributed by atoms with Crippen molar-refractivity contribution in [1.29, 1.82) is 0 Å². The molecular formula is C65H54IrN4O-2. The number of hydrogen-bond donors (Lipinski definition) is 0. The van der Waals surface area contributed by atoms with Gasteiger partial charge in [0, 0.05) is 43.7 Å². The number of fused-ring (bicyclic) bond motifs is 5. The maximum atomic E-state index is 8.91. The van der Waals surface area contributed by atoms with E-state index in [4.69, 9.17) is 21.2 Å². The molecule has 0 aliphatic heterocycles. The monoisotopic (exact) mass is 1100 g/mol. The average Bonchev–Trinajstić information content (AvgIpc) is 4.14. The van der Waals surface area contributed by atoms with Gasteiger partial charge in [0.05, 0.1) is 39.3 Å². The molecule has 12 rings (SSSR count). The Bertz CT molecular complexity index is 4060. The van der Waals surface area contributed by atoms with Gasteiger partial charge in [0.1, 0.15) is 5.58 Å². The van der Waals surface area contributed by atoms with E-state index in [1.807, 2.05) is 135 Å². The van der Waals surface area contributed by atoms with Gasteiger partial charge in [-0.1, -0.05) is 191 Å². The van der Waals surface area contributed by atoms with Gasteiger partial charge in [0.2, 0.25) is 0 Å². The first-order chi connectivity index (χ1) is 36.2. The number of rotatable bonds is 9. The number of aromatic nitrogens is 4.